The van der Waals surface area contributed by atoms with Crippen molar-refractivity contribution in [2.24, 2.45) is 5.16 Å². The first kappa shape index (κ1) is 23.8. The van der Waals surface area contributed by atoms with Crippen molar-refractivity contribution in [2.45, 2.75) is 31.8 Å². The highest BCUT2D eigenvalue weighted by atomic mass is 35.5. The maximum Gasteiger partial charge on any atom is 0.145 e. The number of aliphatic hydroxyl groups excluding tert-OH is 1. The molecular weight excluding hydrogens is 463 g/mol. The van der Waals surface area contributed by atoms with Crippen LogP contribution >= 0.6 is 23.2 Å². The van der Waals surface area contributed by atoms with Gasteiger partial charge in [0, 0.05) is 36.1 Å². The van der Waals surface area contributed by atoms with Crippen LogP contribution in [0.3, 0.4) is 0 Å². The van der Waals surface area contributed by atoms with Gasteiger partial charge < -0.3 is 19.1 Å². The van der Waals surface area contributed by atoms with Gasteiger partial charge in [0.15, 0.2) is 0 Å². The number of oxime groups is 1. The fourth-order valence-corrected chi connectivity index (χ4v) is 4.10. The maximum atomic E-state index is 10.6. The molecule has 0 bridgehead atoms. The average Bonchev–Trinajstić information content (AvgIpc) is 3.47. The molecule has 174 valence electrons. The van der Waals surface area contributed by atoms with E-state index in [0.29, 0.717) is 42.7 Å². The second kappa shape index (κ2) is 11.7. The molecule has 2 atom stereocenters. The third-order valence-corrected chi connectivity index (χ3v) is 5.76. The largest absolute Gasteiger partial charge is 0.467 e. The van der Waals surface area contributed by atoms with Crippen LogP contribution in [-0.4, -0.2) is 47.6 Å². The van der Waals surface area contributed by atoms with Crippen LogP contribution in [0.15, 0.2) is 76.5 Å². The van der Waals surface area contributed by atoms with Gasteiger partial charge in [-0.25, -0.2) is 0 Å². The predicted octanol–water partition coefficient (Wildman–Crippen LogP) is 5.16. The van der Waals surface area contributed by atoms with Gasteiger partial charge in [-0.3, -0.25) is 4.90 Å². The molecule has 33 heavy (non-hydrogen) atoms. The van der Waals surface area contributed by atoms with Gasteiger partial charge in [-0.15, -0.1) is 0 Å². The van der Waals surface area contributed by atoms with Crippen molar-refractivity contribution in [2.75, 3.05) is 19.7 Å². The van der Waals surface area contributed by atoms with Crippen LogP contribution in [0, 0.1) is 0 Å². The van der Waals surface area contributed by atoms with E-state index in [2.05, 4.69) is 10.1 Å². The lowest BCUT2D eigenvalue weighted by Gasteiger charge is -2.27. The number of aliphatic hydroxyl groups is 1. The highest BCUT2D eigenvalue weighted by Gasteiger charge is 2.26. The maximum absolute atomic E-state index is 10.6. The van der Waals surface area contributed by atoms with E-state index in [4.69, 9.17) is 37.2 Å². The Hall–Kier alpha value is -2.35. The monoisotopic (exact) mass is 488 g/mol. The molecule has 1 aliphatic heterocycles. The minimum atomic E-state index is -0.669. The Kier molecular flexibility index (Phi) is 8.42. The van der Waals surface area contributed by atoms with E-state index in [1.165, 1.54) is 0 Å². The molecule has 0 amide bonds. The Bertz CT molecular complexity index is 1040. The zero-order valence-electron chi connectivity index (χ0n) is 18.1. The molecule has 0 aliphatic carbocycles. The number of benzene rings is 2. The molecule has 2 aromatic carbocycles. The second-order valence-electron chi connectivity index (χ2n) is 8.05. The highest BCUT2D eigenvalue weighted by Crippen LogP contribution is 2.21. The normalized spacial score (nSPS) is 16.6. The van der Waals surface area contributed by atoms with E-state index in [1.807, 2.05) is 60.7 Å². The van der Waals surface area contributed by atoms with Gasteiger partial charge in [0.05, 0.1) is 24.7 Å². The van der Waals surface area contributed by atoms with Crippen LogP contribution in [0.2, 0.25) is 10.0 Å². The van der Waals surface area contributed by atoms with Crippen LogP contribution in [0.5, 0.6) is 0 Å². The van der Waals surface area contributed by atoms with Crippen LogP contribution in [0.4, 0.5) is 0 Å². The minimum absolute atomic E-state index is 0.119. The summed E-state index contributed by atoms with van der Waals surface area (Å²) in [6.07, 6.45) is 1.49. The van der Waals surface area contributed by atoms with Gasteiger partial charge in [0.1, 0.15) is 18.5 Å². The van der Waals surface area contributed by atoms with Crippen molar-refractivity contribution in [1.29, 1.82) is 0 Å². The Balaban J connectivity index is 1.34. The average molecular weight is 489 g/mol. The molecule has 4 rings (SSSR count). The number of hydrogen-bond donors (Lipinski definition) is 1. The highest BCUT2D eigenvalue weighted by molar-refractivity contribution is 6.31. The summed E-state index contributed by atoms with van der Waals surface area (Å²) in [6.45, 7) is 2.16. The summed E-state index contributed by atoms with van der Waals surface area (Å²) >= 11 is 12.2. The Morgan fingerprint density at radius 3 is 2.70 bits per heavy atom. The lowest BCUT2D eigenvalue weighted by molar-refractivity contribution is -0.00955. The number of ether oxygens (including phenoxy) is 1. The molecule has 0 unspecified atom stereocenters. The Morgan fingerprint density at radius 1 is 1.09 bits per heavy atom. The van der Waals surface area contributed by atoms with Gasteiger partial charge >= 0.3 is 0 Å². The fourth-order valence-electron chi connectivity index (χ4n) is 3.77. The van der Waals surface area contributed by atoms with E-state index in [0.717, 1.165) is 22.6 Å². The zero-order valence-corrected chi connectivity index (χ0v) is 19.6. The SMILES string of the molecule is O[C@@H](COCc1ccco1)CN(Cc1cccc(Cl)c1)C[C@H]1CC(c2ccc(Cl)cc2)=NO1. The van der Waals surface area contributed by atoms with E-state index < -0.39 is 6.10 Å². The number of rotatable bonds is 11. The molecular formula is C25H26Cl2N2O4. The van der Waals surface area contributed by atoms with Gasteiger partial charge in [0.25, 0.3) is 0 Å². The van der Waals surface area contributed by atoms with Crippen LogP contribution in [-0.2, 0) is 22.7 Å². The standard InChI is InChI=1S/C25H26Cl2N2O4/c26-20-8-6-19(7-9-20)25-12-24(33-28-25)15-29(13-18-3-1-4-21(27)11-18)14-22(30)16-31-17-23-5-2-10-32-23/h1-11,22,24,30H,12-17H2/t22-,24-/m1/s1. The molecule has 6 nitrogen and oxygen atoms in total. The lowest BCUT2D eigenvalue weighted by atomic mass is 10.0. The Morgan fingerprint density at radius 2 is 1.94 bits per heavy atom. The van der Waals surface area contributed by atoms with Crippen molar-refractivity contribution < 1.29 is 19.1 Å². The smallest absolute Gasteiger partial charge is 0.145 e. The van der Waals surface area contributed by atoms with Crippen molar-refractivity contribution in [3.05, 3.63) is 93.9 Å². The van der Waals surface area contributed by atoms with Gasteiger partial charge in [-0.05, 0) is 47.5 Å². The summed E-state index contributed by atoms with van der Waals surface area (Å²) in [6, 6.07) is 18.9. The number of hydrogen-bond acceptors (Lipinski definition) is 6. The summed E-state index contributed by atoms with van der Waals surface area (Å²) in [4.78, 5) is 7.85. The van der Waals surface area contributed by atoms with E-state index in [-0.39, 0.29) is 12.7 Å². The quantitative estimate of drug-likeness (QED) is 0.403. The minimum Gasteiger partial charge on any atom is -0.467 e. The first-order chi connectivity index (χ1) is 16.0. The zero-order chi connectivity index (χ0) is 23.0. The van der Waals surface area contributed by atoms with Crippen LogP contribution in [0.25, 0.3) is 0 Å². The second-order valence-corrected chi connectivity index (χ2v) is 8.92. The first-order valence-corrected chi connectivity index (χ1v) is 11.5. The molecule has 0 spiro atoms. The van der Waals surface area contributed by atoms with Gasteiger partial charge in [-0.2, -0.15) is 0 Å². The lowest BCUT2D eigenvalue weighted by Crippen LogP contribution is -2.39. The van der Waals surface area contributed by atoms with Crippen molar-refractivity contribution in [1.82, 2.24) is 4.90 Å². The summed E-state index contributed by atoms with van der Waals surface area (Å²) in [7, 11) is 0. The van der Waals surface area contributed by atoms with Crippen molar-refractivity contribution in [3.63, 3.8) is 0 Å². The molecule has 1 aromatic heterocycles. The van der Waals surface area contributed by atoms with Crippen molar-refractivity contribution >= 4 is 28.9 Å². The van der Waals surface area contributed by atoms with Gasteiger partial charge in [0.2, 0.25) is 0 Å². The molecule has 0 fully saturated rings. The van der Waals surface area contributed by atoms with Crippen LogP contribution in [0.1, 0.15) is 23.3 Å². The van der Waals surface area contributed by atoms with E-state index >= 15 is 0 Å². The molecule has 1 aliphatic rings. The summed E-state index contributed by atoms with van der Waals surface area (Å²) in [5.74, 6) is 0.726. The third-order valence-electron chi connectivity index (χ3n) is 5.27. The number of nitrogens with zero attached hydrogens (tertiary/aromatic N) is 2. The summed E-state index contributed by atoms with van der Waals surface area (Å²) < 4.78 is 10.9. The van der Waals surface area contributed by atoms with Crippen molar-refractivity contribution in [3.8, 4) is 0 Å². The molecule has 1 N–H and O–H groups in total. The topological polar surface area (TPSA) is 67.4 Å². The third kappa shape index (κ3) is 7.32. The molecule has 0 saturated heterocycles. The van der Waals surface area contributed by atoms with E-state index in [1.54, 1.807) is 6.26 Å². The Labute approximate surface area is 203 Å². The van der Waals surface area contributed by atoms with Gasteiger partial charge in [-0.1, -0.05) is 52.6 Å². The molecule has 3 aromatic rings. The van der Waals surface area contributed by atoms with E-state index in [9.17, 15) is 5.11 Å². The fraction of sp³-hybridized carbons (Fsp3) is 0.320. The molecule has 2 heterocycles. The first-order valence-electron chi connectivity index (χ1n) is 10.8. The summed E-state index contributed by atoms with van der Waals surface area (Å²) in [5, 5.41) is 16.2. The molecule has 8 heteroatoms. The van der Waals surface area contributed by atoms with Crippen LogP contribution < -0.4 is 0 Å². The number of halogens is 2. The predicted molar refractivity (Wildman–Crippen MR) is 129 cm³/mol. The summed E-state index contributed by atoms with van der Waals surface area (Å²) in [5.41, 5.74) is 2.94. The molecule has 0 radical (unpaired) electrons. The number of furan rings is 1. The molecule has 0 saturated carbocycles.